The van der Waals surface area contributed by atoms with Crippen molar-refractivity contribution >= 4 is 23.4 Å². The molecule has 0 radical (unpaired) electrons. The van der Waals surface area contributed by atoms with Crippen LogP contribution in [-0.2, 0) is 14.3 Å². The number of nitrogens with one attached hydrogen (secondary N) is 2. The highest BCUT2D eigenvalue weighted by molar-refractivity contribution is 5.99. The quantitative estimate of drug-likeness (QED) is 0.675. The molecule has 1 aliphatic carbocycles. The minimum atomic E-state index is -0.295. The van der Waals surface area contributed by atoms with Crippen molar-refractivity contribution < 1.29 is 23.9 Å². The Bertz CT molecular complexity index is 869. The van der Waals surface area contributed by atoms with Gasteiger partial charge in [0.15, 0.2) is 0 Å². The van der Waals surface area contributed by atoms with Gasteiger partial charge in [-0.25, -0.2) is 0 Å². The summed E-state index contributed by atoms with van der Waals surface area (Å²) < 4.78 is 12.2. The van der Waals surface area contributed by atoms with Gasteiger partial charge in [0.2, 0.25) is 11.8 Å². The fourth-order valence-electron chi connectivity index (χ4n) is 4.41. The standard InChI is InChI=1S/C24H33N3O5/c1-3-4-22(28)26-16-7-10-20-18(11-16)24(30)27(2)19-9-8-17(32-21(19)14-31-20)12-23(29)25-13-15-5-6-15/h7,10-11,15,17,19,21H,3-6,8-9,12-14H2,1-2H3,(H,25,29)(H,26,28)/t17-,19+,21-/m1/s1. The molecule has 32 heavy (non-hydrogen) atoms. The number of hydrogen-bond acceptors (Lipinski definition) is 5. The van der Waals surface area contributed by atoms with Gasteiger partial charge in [0, 0.05) is 25.7 Å². The number of ether oxygens (including phenoxy) is 2. The largest absolute Gasteiger partial charge is 0.490 e. The Morgan fingerprint density at radius 3 is 2.72 bits per heavy atom. The van der Waals surface area contributed by atoms with Crippen LogP contribution in [0.25, 0.3) is 0 Å². The molecular formula is C24H33N3O5. The number of nitrogens with zero attached hydrogens (tertiary/aromatic N) is 1. The zero-order chi connectivity index (χ0) is 22.7. The van der Waals surface area contributed by atoms with Gasteiger partial charge in [0.1, 0.15) is 18.5 Å². The van der Waals surface area contributed by atoms with Gasteiger partial charge in [0.05, 0.1) is 24.1 Å². The van der Waals surface area contributed by atoms with E-state index in [0.29, 0.717) is 42.4 Å². The van der Waals surface area contributed by atoms with E-state index in [0.717, 1.165) is 25.8 Å². The molecular weight excluding hydrogens is 410 g/mol. The zero-order valence-corrected chi connectivity index (χ0v) is 18.9. The van der Waals surface area contributed by atoms with Crippen molar-refractivity contribution in [3.63, 3.8) is 0 Å². The number of anilines is 1. The van der Waals surface area contributed by atoms with Crippen LogP contribution in [0.5, 0.6) is 5.75 Å². The SMILES string of the molecule is CCCC(=O)Nc1ccc2c(c1)C(=O)N(C)[C@H]1CC[C@H](CC(=O)NCC3CC3)O[C@@H]1CO2. The van der Waals surface area contributed by atoms with E-state index in [1.807, 2.05) is 6.92 Å². The van der Waals surface area contributed by atoms with Crippen LogP contribution in [-0.4, -0.2) is 61.1 Å². The Balaban J connectivity index is 1.41. The Morgan fingerprint density at radius 1 is 1.16 bits per heavy atom. The molecule has 8 heteroatoms. The summed E-state index contributed by atoms with van der Waals surface area (Å²) in [6.45, 7) is 3.01. The lowest BCUT2D eigenvalue weighted by Gasteiger charge is -2.42. The van der Waals surface area contributed by atoms with Crippen LogP contribution in [0, 0.1) is 5.92 Å². The maximum absolute atomic E-state index is 13.2. The molecule has 0 spiro atoms. The van der Waals surface area contributed by atoms with E-state index in [1.54, 1.807) is 30.1 Å². The van der Waals surface area contributed by atoms with Gasteiger partial charge in [-0.05, 0) is 56.2 Å². The minimum Gasteiger partial charge on any atom is -0.490 e. The van der Waals surface area contributed by atoms with Gasteiger partial charge >= 0.3 is 0 Å². The number of amides is 3. The molecule has 2 fully saturated rings. The van der Waals surface area contributed by atoms with Crippen LogP contribution in [0.3, 0.4) is 0 Å². The Hall–Kier alpha value is -2.61. The third kappa shape index (κ3) is 5.41. The molecule has 2 aliphatic heterocycles. The van der Waals surface area contributed by atoms with Crippen molar-refractivity contribution in [1.82, 2.24) is 10.2 Å². The molecule has 0 unspecified atom stereocenters. The zero-order valence-electron chi connectivity index (χ0n) is 18.9. The summed E-state index contributed by atoms with van der Waals surface area (Å²) in [6.07, 6.45) is 4.94. The van der Waals surface area contributed by atoms with Gasteiger partial charge in [-0.3, -0.25) is 14.4 Å². The molecule has 4 rings (SSSR count). The average molecular weight is 444 g/mol. The van der Waals surface area contributed by atoms with Crippen molar-refractivity contribution in [3.05, 3.63) is 23.8 Å². The molecule has 2 heterocycles. The third-order valence-electron chi connectivity index (χ3n) is 6.47. The van der Waals surface area contributed by atoms with Crippen LogP contribution >= 0.6 is 0 Å². The lowest BCUT2D eigenvalue weighted by molar-refractivity contribution is -0.134. The molecule has 0 bridgehead atoms. The average Bonchev–Trinajstić information content (AvgIpc) is 3.60. The van der Waals surface area contributed by atoms with Crippen LogP contribution in [0.1, 0.15) is 62.2 Å². The van der Waals surface area contributed by atoms with E-state index in [2.05, 4.69) is 10.6 Å². The summed E-state index contributed by atoms with van der Waals surface area (Å²) in [7, 11) is 1.78. The van der Waals surface area contributed by atoms with Gasteiger partial charge in [0.25, 0.3) is 5.91 Å². The van der Waals surface area contributed by atoms with E-state index in [1.165, 1.54) is 12.8 Å². The third-order valence-corrected chi connectivity index (χ3v) is 6.47. The lowest BCUT2D eigenvalue weighted by Crippen LogP contribution is -2.54. The van der Waals surface area contributed by atoms with Gasteiger partial charge < -0.3 is 25.0 Å². The van der Waals surface area contributed by atoms with Crippen LogP contribution in [0.15, 0.2) is 18.2 Å². The highest BCUT2D eigenvalue weighted by Crippen LogP contribution is 2.33. The molecule has 1 aromatic carbocycles. The first-order valence-corrected chi connectivity index (χ1v) is 11.7. The van der Waals surface area contributed by atoms with Crippen molar-refractivity contribution in [2.75, 3.05) is 25.5 Å². The molecule has 174 valence electrons. The molecule has 1 aromatic rings. The summed E-state index contributed by atoms with van der Waals surface area (Å²) in [6, 6.07) is 5.01. The molecule has 0 aromatic heterocycles. The molecule has 1 saturated heterocycles. The first-order chi connectivity index (χ1) is 15.4. The summed E-state index contributed by atoms with van der Waals surface area (Å²) in [4.78, 5) is 39.1. The highest BCUT2D eigenvalue weighted by atomic mass is 16.5. The second-order valence-corrected chi connectivity index (χ2v) is 9.13. The first kappa shape index (κ1) is 22.6. The van der Waals surface area contributed by atoms with Gasteiger partial charge in [-0.2, -0.15) is 0 Å². The Kier molecular flexibility index (Phi) is 6.98. The number of likely N-dealkylation sites (N-methyl/N-ethyl adjacent to an activating group) is 1. The normalized spacial score (nSPS) is 25.0. The predicted molar refractivity (Wildman–Crippen MR) is 120 cm³/mol. The van der Waals surface area contributed by atoms with Crippen molar-refractivity contribution in [1.29, 1.82) is 0 Å². The number of benzene rings is 1. The van der Waals surface area contributed by atoms with Crippen molar-refractivity contribution in [2.45, 2.75) is 70.1 Å². The maximum atomic E-state index is 13.2. The highest BCUT2D eigenvalue weighted by Gasteiger charge is 2.39. The fraction of sp³-hybridized carbons (Fsp3) is 0.625. The minimum absolute atomic E-state index is 0.0274. The second-order valence-electron chi connectivity index (χ2n) is 9.13. The molecule has 3 amide bonds. The number of rotatable bonds is 7. The van der Waals surface area contributed by atoms with E-state index in [9.17, 15) is 14.4 Å². The second kappa shape index (κ2) is 9.90. The monoisotopic (exact) mass is 443 g/mol. The fourth-order valence-corrected chi connectivity index (χ4v) is 4.41. The summed E-state index contributed by atoms with van der Waals surface area (Å²) in [5, 5.41) is 5.84. The Labute approximate surface area is 189 Å². The predicted octanol–water partition coefficient (Wildman–Crippen LogP) is 2.72. The molecule has 8 nitrogen and oxygen atoms in total. The van der Waals surface area contributed by atoms with Crippen LogP contribution in [0.4, 0.5) is 5.69 Å². The molecule has 3 atom stereocenters. The van der Waals surface area contributed by atoms with E-state index < -0.39 is 0 Å². The number of fused-ring (bicyclic) bond motifs is 2. The first-order valence-electron chi connectivity index (χ1n) is 11.7. The Morgan fingerprint density at radius 2 is 1.97 bits per heavy atom. The topological polar surface area (TPSA) is 97.0 Å². The summed E-state index contributed by atoms with van der Waals surface area (Å²) in [5.41, 5.74) is 1.02. The van der Waals surface area contributed by atoms with E-state index >= 15 is 0 Å². The van der Waals surface area contributed by atoms with Crippen molar-refractivity contribution in [3.8, 4) is 5.75 Å². The van der Waals surface area contributed by atoms with E-state index in [4.69, 9.17) is 9.47 Å². The number of carbonyl (C=O) groups is 3. The molecule has 2 N–H and O–H groups in total. The summed E-state index contributed by atoms with van der Waals surface area (Å²) in [5.74, 6) is 0.912. The van der Waals surface area contributed by atoms with Crippen molar-refractivity contribution in [2.24, 2.45) is 5.92 Å². The lowest BCUT2D eigenvalue weighted by atomic mass is 9.94. The smallest absolute Gasteiger partial charge is 0.257 e. The van der Waals surface area contributed by atoms with Gasteiger partial charge in [-0.15, -0.1) is 0 Å². The maximum Gasteiger partial charge on any atom is 0.257 e. The van der Waals surface area contributed by atoms with Gasteiger partial charge in [-0.1, -0.05) is 6.92 Å². The van der Waals surface area contributed by atoms with Crippen LogP contribution < -0.4 is 15.4 Å². The molecule has 3 aliphatic rings. The van der Waals surface area contributed by atoms with Crippen LogP contribution in [0.2, 0.25) is 0 Å². The summed E-state index contributed by atoms with van der Waals surface area (Å²) >= 11 is 0. The van der Waals surface area contributed by atoms with E-state index in [-0.39, 0.29) is 36.0 Å². The molecule has 1 saturated carbocycles. The number of hydrogen-bond donors (Lipinski definition) is 2. The number of carbonyl (C=O) groups excluding carboxylic acids is 3.